The molecule has 162 valence electrons. The van der Waals surface area contributed by atoms with E-state index < -0.39 is 11.7 Å². The van der Waals surface area contributed by atoms with Gasteiger partial charge in [0.1, 0.15) is 17.3 Å². The molecule has 0 aliphatic heterocycles. The largest absolute Gasteiger partial charge is 0.457 e. The highest BCUT2D eigenvalue weighted by Gasteiger charge is 2.11. The maximum absolute atomic E-state index is 13.7. The minimum atomic E-state index is -0.656. The van der Waals surface area contributed by atoms with Gasteiger partial charge in [-0.3, -0.25) is 14.9 Å². The summed E-state index contributed by atoms with van der Waals surface area (Å²) in [6.45, 7) is 0. The number of carbonyl (C=O) groups excluding carboxylic acids is 1. The van der Waals surface area contributed by atoms with Gasteiger partial charge in [0.2, 0.25) is 0 Å². The van der Waals surface area contributed by atoms with E-state index in [-0.39, 0.29) is 10.6 Å². The Bertz CT molecular complexity index is 1470. The normalized spacial score (nSPS) is 10.8. The number of halogens is 2. The van der Waals surface area contributed by atoms with Crippen molar-refractivity contribution in [2.24, 2.45) is 0 Å². The number of hydrogen-bond donors (Lipinski definition) is 2. The minimum absolute atomic E-state index is 0.0427. The highest BCUT2D eigenvalue weighted by atomic mass is 35.5. The lowest BCUT2D eigenvalue weighted by molar-refractivity contribution is 0.102. The fourth-order valence-corrected chi connectivity index (χ4v) is 3.32. The molecule has 0 radical (unpaired) electrons. The van der Waals surface area contributed by atoms with E-state index in [1.165, 1.54) is 12.1 Å². The molecule has 0 unspecified atom stereocenters. The highest BCUT2D eigenvalue weighted by molar-refractivity contribution is 6.30. The summed E-state index contributed by atoms with van der Waals surface area (Å²) in [5, 5.41) is 9.38. The summed E-state index contributed by atoms with van der Waals surface area (Å²) in [5.41, 5.74) is 3.57. The van der Waals surface area contributed by atoms with E-state index in [4.69, 9.17) is 16.3 Å². The molecule has 5 rings (SSSR count). The highest BCUT2D eigenvalue weighted by Crippen LogP contribution is 2.27. The Labute approximate surface area is 192 Å². The Kier molecular flexibility index (Phi) is 5.42. The molecule has 0 aliphatic rings. The molecule has 0 fully saturated rings. The molecule has 5 aromatic rings. The van der Waals surface area contributed by atoms with Gasteiger partial charge in [-0.1, -0.05) is 17.7 Å². The van der Waals surface area contributed by atoms with Crippen LogP contribution in [0.2, 0.25) is 5.02 Å². The Hall–Kier alpha value is -4.30. The monoisotopic (exact) mass is 459 g/mol. The van der Waals surface area contributed by atoms with Crippen LogP contribution in [0.1, 0.15) is 10.4 Å². The molecule has 7 nitrogen and oxygen atoms in total. The van der Waals surface area contributed by atoms with Crippen molar-refractivity contribution in [3.63, 3.8) is 0 Å². The zero-order chi connectivity index (χ0) is 22.8. The predicted octanol–water partition coefficient (Wildman–Crippen LogP) is 5.86. The van der Waals surface area contributed by atoms with E-state index in [9.17, 15) is 9.18 Å². The Morgan fingerprint density at radius 1 is 1.00 bits per heavy atom. The van der Waals surface area contributed by atoms with Gasteiger partial charge < -0.3 is 10.1 Å². The summed E-state index contributed by atoms with van der Waals surface area (Å²) in [6, 6.07) is 16.1. The number of aromatic nitrogens is 4. The first kappa shape index (κ1) is 20.6. The van der Waals surface area contributed by atoms with Crippen LogP contribution in [0.15, 0.2) is 79.3 Å². The number of nitrogens with zero attached hydrogens (tertiary/aromatic N) is 3. The molecule has 0 bridgehead atoms. The van der Waals surface area contributed by atoms with Gasteiger partial charge in [-0.15, -0.1) is 0 Å². The maximum atomic E-state index is 13.7. The summed E-state index contributed by atoms with van der Waals surface area (Å²) >= 11 is 5.68. The zero-order valence-electron chi connectivity index (χ0n) is 16.9. The average Bonchev–Trinajstić information content (AvgIpc) is 3.36. The van der Waals surface area contributed by atoms with Gasteiger partial charge in [-0.05, 0) is 42.5 Å². The fourth-order valence-electron chi connectivity index (χ4n) is 3.20. The standard InChI is InChI=1S/C24H15ClFN5O2/c25-19-6-4-14(8-20(19)26)24(32)30-16-2-1-3-17(9-16)33-18-5-7-21-22(10-18)31-23(13-27-21)15-11-28-29-12-15/h1-13H,(H,28,29)(H,30,32). The van der Waals surface area contributed by atoms with Crippen LogP contribution in [0.3, 0.4) is 0 Å². The van der Waals surface area contributed by atoms with Gasteiger partial charge in [-0.2, -0.15) is 5.10 Å². The molecule has 1 amide bonds. The van der Waals surface area contributed by atoms with Crippen molar-refractivity contribution in [3.05, 3.63) is 95.7 Å². The van der Waals surface area contributed by atoms with E-state index >= 15 is 0 Å². The topological polar surface area (TPSA) is 92.8 Å². The number of amides is 1. The Morgan fingerprint density at radius 2 is 1.88 bits per heavy atom. The van der Waals surface area contributed by atoms with Gasteiger partial charge in [0.25, 0.3) is 5.91 Å². The van der Waals surface area contributed by atoms with Crippen LogP contribution in [0.5, 0.6) is 11.5 Å². The van der Waals surface area contributed by atoms with Crippen LogP contribution >= 0.6 is 11.6 Å². The summed E-state index contributed by atoms with van der Waals surface area (Å²) in [4.78, 5) is 21.5. The molecular formula is C24H15ClFN5O2. The number of carbonyl (C=O) groups is 1. The molecule has 0 saturated heterocycles. The first-order valence-electron chi connectivity index (χ1n) is 9.85. The summed E-state index contributed by atoms with van der Waals surface area (Å²) < 4.78 is 19.6. The number of benzene rings is 3. The second-order valence-electron chi connectivity index (χ2n) is 7.11. The van der Waals surface area contributed by atoms with Crippen molar-refractivity contribution in [3.8, 4) is 22.8 Å². The van der Waals surface area contributed by atoms with E-state index in [1.54, 1.807) is 55.0 Å². The molecule has 33 heavy (non-hydrogen) atoms. The number of aromatic amines is 1. The van der Waals surface area contributed by atoms with Gasteiger partial charge in [0, 0.05) is 35.1 Å². The van der Waals surface area contributed by atoms with Crippen LogP contribution in [0, 0.1) is 5.82 Å². The van der Waals surface area contributed by atoms with Crippen LogP contribution in [0.25, 0.3) is 22.3 Å². The first-order valence-corrected chi connectivity index (χ1v) is 10.2. The van der Waals surface area contributed by atoms with Gasteiger partial charge in [-0.25, -0.2) is 9.37 Å². The van der Waals surface area contributed by atoms with Crippen LogP contribution < -0.4 is 10.1 Å². The number of H-pyrrole nitrogens is 1. The molecule has 0 saturated carbocycles. The lowest BCUT2D eigenvalue weighted by Gasteiger charge is -2.10. The van der Waals surface area contributed by atoms with Crippen molar-refractivity contribution in [1.29, 1.82) is 0 Å². The number of nitrogens with one attached hydrogen (secondary N) is 2. The lowest BCUT2D eigenvalue weighted by Crippen LogP contribution is -2.12. The third-order valence-electron chi connectivity index (χ3n) is 4.82. The summed E-state index contributed by atoms with van der Waals surface area (Å²) in [5.74, 6) is -0.0509. The van der Waals surface area contributed by atoms with Crippen molar-refractivity contribution in [1.82, 2.24) is 20.2 Å². The quantitative estimate of drug-likeness (QED) is 0.343. The average molecular weight is 460 g/mol. The molecular weight excluding hydrogens is 445 g/mol. The maximum Gasteiger partial charge on any atom is 0.255 e. The summed E-state index contributed by atoms with van der Waals surface area (Å²) in [6.07, 6.45) is 5.11. The SMILES string of the molecule is O=C(Nc1cccc(Oc2ccc3ncc(-c4cn[nH]c4)nc3c2)c1)c1ccc(Cl)c(F)c1. The number of rotatable bonds is 5. The van der Waals surface area contributed by atoms with Gasteiger partial charge in [0.15, 0.2) is 0 Å². The minimum Gasteiger partial charge on any atom is -0.457 e. The second-order valence-corrected chi connectivity index (χ2v) is 7.51. The molecule has 2 heterocycles. The van der Waals surface area contributed by atoms with Crippen molar-refractivity contribution in [2.75, 3.05) is 5.32 Å². The van der Waals surface area contributed by atoms with Gasteiger partial charge in [0.05, 0.1) is 34.1 Å². The van der Waals surface area contributed by atoms with Crippen LogP contribution in [0.4, 0.5) is 10.1 Å². The third kappa shape index (κ3) is 4.51. The third-order valence-corrected chi connectivity index (χ3v) is 5.12. The Morgan fingerprint density at radius 3 is 2.70 bits per heavy atom. The van der Waals surface area contributed by atoms with E-state index in [1.807, 2.05) is 6.07 Å². The number of fused-ring (bicyclic) bond motifs is 1. The number of anilines is 1. The number of ether oxygens (including phenoxy) is 1. The van der Waals surface area contributed by atoms with Crippen molar-refractivity contribution in [2.45, 2.75) is 0 Å². The Balaban J connectivity index is 1.35. The number of hydrogen-bond acceptors (Lipinski definition) is 5. The van der Waals surface area contributed by atoms with Crippen LogP contribution in [-0.2, 0) is 0 Å². The first-order chi connectivity index (χ1) is 16.0. The van der Waals surface area contributed by atoms with E-state index in [0.29, 0.717) is 28.4 Å². The van der Waals surface area contributed by atoms with Crippen molar-refractivity contribution < 1.29 is 13.9 Å². The van der Waals surface area contributed by atoms with Crippen molar-refractivity contribution >= 4 is 34.2 Å². The molecule has 0 spiro atoms. The lowest BCUT2D eigenvalue weighted by atomic mass is 10.2. The molecule has 2 N–H and O–H groups in total. The van der Waals surface area contributed by atoms with Gasteiger partial charge >= 0.3 is 0 Å². The molecule has 3 aromatic carbocycles. The predicted molar refractivity (Wildman–Crippen MR) is 123 cm³/mol. The summed E-state index contributed by atoms with van der Waals surface area (Å²) in [7, 11) is 0. The smallest absolute Gasteiger partial charge is 0.255 e. The molecule has 0 aliphatic carbocycles. The molecule has 0 atom stereocenters. The molecule has 9 heteroatoms. The second kappa shape index (κ2) is 8.68. The van der Waals surface area contributed by atoms with Crippen LogP contribution in [-0.4, -0.2) is 26.1 Å². The zero-order valence-corrected chi connectivity index (χ0v) is 17.7. The molecule has 2 aromatic heterocycles. The van der Waals surface area contributed by atoms with E-state index in [0.717, 1.165) is 17.1 Å². The fraction of sp³-hybridized carbons (Fsp3) is 0. The van der Waals surface area contributed by atoms with E-state index in [2.05, 4.69) is 25.5 Å².